The normalized spacial score (nSPS) is 22.4. The number of hydrogen-bond donors (Lipinski definition) is 2. The highest BCUT2D eigenvalue weighted by molar-refractivity contribution is 5.67. The van der Waals surface area contributed by atoms with Gasteiger partial charge in [0.15, 0.2) is 0 Å². The van der Waals surface area contributed by atoms with E-state index in [1.54, 1.807) is 0 Å². The molecule has 1 heterocycles. The molecule has 2 rings (SSSR count). The second-order valence-corrected chi connectivity index (χ2v) is 3.86. The molecule has 0 radical (unpaired) electrons. The highest BCUT2D eigenvalue weighted by atomic mass is 15.2. The fraction of sp³-hybridized carbons (Fsp3) is 0.455. The van der Waals surface area contributed by atoms with Gasteiger partial charge in [-0.25, -0.2) is 0 Å². The highest BCUT2D eigenvalue weighted by Gasteiger charge is 2.16. The number of hydrogen-bond acceptors (Lipinski definition) is 3. The van der Waals surface area contributed by atoms with Crippen LogP contribution in [0.25, 0.3) is 0 Å². The Bertz CT molecular complexity index is 311. The maximum Gasteiger partial charge on any atom is 0.0600 e. The maximum absolute atomic E-state index is 5.93. The first kappa shape index (κ1) is 9.34. The molecule has 0 aliphatic carbocycles. The van der Waals surface area contributed by atoms with Crippen LogP contribution in [0.4, 0.5) is 11.4 Å². The number of nitrogens with zero attached hydrogens (tertiary/aromatic N) is 1. The SMILES string of the molecule is C[C@@H]1CN(c2ccccc2N)CCN1. The average Bonchev–Trinajstić information content (AvgIpc) is 2.18. The van der Waals surface area contributed by atoms with E-state index < -0.39 is 0 Å². The van der Waals surface area contributed by atoms with Crippen molar-refractivity contribution < 1.29 is 0 Å². The molecule has 1 saturated heterocycles. The molecule has 0 amide bonds. The lowest BCUT2D eigenvalue weighted by molar-refractivity contribution is 0.485. The van der Waals surface area contributed by atoms with Crippen LogP contribution in [-0.4, -0.2) is 25.7 Å². The van der Waals surface area contributed by atoms with Gasteiger partial charge in [-0.3, -0.25) is 0 Å². The Balaban J connectivity index is 2.18. The van der Waals surface area contributed by atoms with Crippen LogP contribution in [0.2, 0.25) is 0 Å². The number of anilines is 2. The third-order valence-corrected chi connectivity index (χ3v) is 2.65. The second-order valence-electron chi connectivity index (χ2n) is 3.86. The first-order valence-corrected chi connectivity index (χ1v) is 5.10. The van der Waals surface area contributed by atoms with E-state index in [-0.39, 0.29) is 0 Å². The molecule has 3 heteroatoms. The summed E-state index contributed by atoms with van der Waals surface area (Å²) in [7, 11) is 0. The molecule has 76 valence electrons. The zero-order valence-corrected chi connectivity index (χ0v) is 8.53. The van der Waals surface area contributed by atoms with Crippen molar-refractivity contribution in [2.24, 2.45) is 0 Å². The van der Waals surface area contributed by atoms with Crippen molar-refractivity contribution in [2.75, 3.05) is 30.3 Å². The second kappa shape index (κ2) is 3.88. The number of rotatable bonds is 1. The van der Waals surface area contributed by atoms with Gasteiger partial charge in [0.2, 0.25) is 0 Å². The predicted octanol–water partition coefficient (Wildman–Crippen LogP) is 1.07. The highest BCUT2D eigenvalue weighted by Crippen LogP contribution is 2.23. The van der Waals surface area contributed by atoms with Gasteiger partial charge in [-0.1, -0.05) is 12.1 Å². The van der Waals surface area contributed by atoms with E-state index in [4.69, 9.17) is 5.73 Å². The first-order chi connectivity index (χ1) is 6.77. The fourth-order valence-electron chi connectivity index (χ4n) is 1.93. The van der Waals surface area contributed by atoms with Crippen molar-refractivity contribution >= 4 is 11.4 Å². The summed E-state index contributed by atoms with van der Waals surface area (Å²) in [6.07, 6.45) is 0. The minimum Gasteiger partial charge on any atom is -0.397 e. The average molecular weight is 191 g/mol. The fourth-order valence-corrected chi connectivity index (χ4v) is 1.93. The van der Waals surface area contributed by atoms with E-state index in [0.717, 1.165) is 25.3 Å². The number of nitrogen functional groups attached to an aromatic ring is 1. The summed E-state index contributed by atoms with van der Waals surface area (Å²) in [5.74, 6) is 0. The van der Waals surface area contributed by atoms with Crippen LogP contribution in [0, 0.1) is 0 Å². The van der Waals surface area contributed by atoms with E-state index in [1.165, 1.54) is 5.69 Å². The van der Waals surface area contributed by atoms with Crippen LogP contribution in [0.3, 0.4) is 0 Å². The van der Waals surface area contributed by atoms with Gasteiger partial charge in [0.1, 0.15) is 0 Å². The van der Waals surface area contributed by atoms with Crippen LogP contribution in [0.15, 0.2) is 24.3 Å². The van der Waals surface area contributed by atoms with E-state index >= 15 is 0 Å². The monoisotopic (exact) mass is 191 g/mol. The molecule has 0 aromatic heterocycles. The van der Waals surface area contributed by atoms with E-state index in [1.807, 2.05) is 18.2 Å². The lowest BCUT2D eigenvalue weighted by Crippen LogP contribution is -2.49. The Kier molecular flexibility index (Phi) is 2.59. The lowest BCUT2D eigenvalue weighted by Gasteiger charge is -2.34. The molecule has 1 atom stereocenters. The number of piperazine rings is 1. The molecule has 1 aliphatic heterocycles. The van der Waals surface area contributed by atoms with Crippen LogP contribution < -0.4 is 16.0 Å². The summed E-state index contributed by atoms with van der Waals surface area (Å²) in [6, 6.07) is 8.61. The summed E-state index contributed by atoms with van der Waals surface area (Å²) in [5.41, 5.74) is 7.98. The van der Waals surface area contributed by atoms with Gasteiger partial charge in [-0.05, 0) is 19.1 Å². The molecule has 0 bridgehead atoms. The summed E-state index contributed by atoms with van der Waals surface area (Å²) in [6.45, 7) is 5.31. The molecule has 0 saturated carbocycles. The molecule has 0 spiro atoms. The van der Waals surface area contributed by atoms with Gasteiger partial charge < -0.3 is 16.0 Å². The summed E-state index contributed by atoms with van der Waals surface area (Å²) in [4.78, 5) is 2.34. The molecule has 3 N–H and O–H groups in total. The van der Waals surface area contributed by atoms with Gasteiger partial charge in [0.25, 0.3) is 0 Å². The van der Waals surface area contributed by atoms with Crippen LogP contribution in [-0.2, 0) is 0 Å². The van der Waals surface area contributed by atoms with Crippen LogP contribution in [0.1, 0.15) is 6.92 Å². The molecular formula is C11H17N3. The molecule has 14 heavy (non-hydrogen) atoms. The molecule has 1 aliphatic rings. The van der Waals surface area contributed by atoms with Crippen molar-refractivity contribution in [2.45, 2.75) is 13.0 Å². The molecule has 1 fully saturated rings. The minimum absolute atomic E-state index is 0.545. The van der Waals surface area contributed by atoms with Crippen LogP contribution >= 0.6 is 0 Å². The van der Waals surface area contributed by atoms with Crippen molar-refractivity contribution in [1.29, 1.82) is 0 Å². The maximum atomic E-state index is 5.93. The van der Waals surface area contributed by atoms with Crippen molar-refractivity contribution in [3.63, 3.8) is 0 Å². The van der Waals surface area contributed by atoms with Gasteiger partial charge in [0, 0.05) is 25.7 Å². The molecule has 1 aromatic carbocycles. The number of nitrogens with two attached hydrogens (primary N) is 1. The number of para-hydroxylation sites is 2. The van der Waals surface area contributed by atoms with E-state index in [9.17, 15) is 0 Å². The van der Waals surface area contributed by atoms with Gasteiger partial charge in [-0.15, -0.1) is 0 Å². The smallest absolute Gasteiger partial charge is 0.0600 e. The Morgan fingerprint density at radius 2 is 2.21 bits per heavy atom. The Morgan fingerprint density at radius 3 is 2.93 bits per heavy atom. The topological polar surface area (TPSA) is 41.3 Å². The Morgan fingerprint density at radius 1 is 1.43 bits per heavy atom. The number of benzene rings is 1. The Hall–Kier alpha value is -1.22. The third-order valence-electron chi connectivity index (χ3n) is 2.65. The third kappa shape index (κ3) is 1.82. The van der Waals surface area contributed by atoms with Crippen molar-refractivity contribution in [3.05, 3.63) is 24.3 Å². The summed E-state index contributed by atoms with van der Waals surface area (Å²) in [5, 5.41) is 3.42. The van der Waals surface area contributed by atoms with E-state index in [2.05, 4.69) is 23.2 Å². The molecule has 0 unspecified atom stereocenters. The standard InChI is InChI=1S/C11H17N3/c1-9-8-14(7-6-13-9)11-5-3-2-4-10(11)12/h2-5,9,13H,6-8,12H2,1H3/t9-/m1/s1. The van der Waals surface area contributed by atoms with Gasteiger partial charge in [-0.2, -0.15) is 0 Å². The minimum atomic E-state index is 0.545. The predicted molar refractivity (Wildman–Crippen MR) is 60.5 cm³/mol. The lowest BCUT2D eigenvalue weighted by atomic mass is 10.2. The van der Waals surface area contributed by atoms with Crippen LogP contribution in [0.5, 0.6) is 0 Å². The molecule has 1 aromatic rings. The van der Waals surface area contributed by atoms with Crippen molar-refractivity contribution in [3.8, 4) is 0 Å². The zero-order valence-electron chi connectivity index (χ0n) is 8.53. The van der Waals surface area contributed by atoms with E-state index in [0.29, 0.717) is 6.04 Å². The Labute approximate surface area is 84.9 Å². The number of nitrogens with one attached hydrogen (secondary N) is 1. The van der Waals surface area contributed by atoms with Crippen molar-refractivity contribution in [1.82, 2.24) is 5.32 Å². The summed E-state index contributed by atoms with van der Waals surface area (Å²) < 4.78 is 0. The first-order valence-electron chi connectivity index (χ1n) is 5.10. The molecule has 3 nitrogen and oxygen atoms in total. The zero-order chi connectivity index (χ0) is 9.97. The van der Waals surface area contributed by atoms with Gasteiger partial charge >= 0.3 is 0 Å². The quantitative estimate of drug-likeness (QED) is 0.652. The largest absolute Gasteiger partial charge is 0.397 e. The summed E-state index contributed by atoms with van der Waals surface area (Å²) >= 11 is 0. The van der Waals surface area contributed by atoms with Gasteiger partial charge in [0.05, 0.1) is 11.4 Å². The molecular weight excluding hydrogens is 174 g/mol.